The lowest BCUT2D eigenvalue weighted by Crippen LogP contribution is -2.33. The van der Waals surface area contributed by atoms with Crippen LogP contribution in [0, 0.1) is 0 Å². The summed E-state index contributed by atoms with van der Waals surface area (Å²) in [5.41, 5.74) is 0. The number of rotatable bonds is 11. The zero-order valence-electron chi connectivity index (χ0n) is 10.3. The molecular formula is C11H25NO3. The lowest BCUT2D eigenvalue weighted by molar-refractivity contribution is 0.0660. The summed E-state index contributed by atoms with van der Waals surface area (Å²) in [5.74, 6) is 0. The van der Waals surface area contributed by atoms with Gasteiger partial charge in [0.05, 0.1) is 19.8 Å². The molecule has 0 rings (SSSR count). The molecule has 1 atom stereocenters. The van der Waals surface area contributed by atoms with Crippen molar-refractivity contribution in [1.82, 2.24) is 5.32 Å². The number of likely N-dealkylation sites (N-methyl/N-ethyl adjacent to an activating group) is 1. The first-order valence-corrected chi connectivity index (χ1v) is 5.64. The molecule has 0 aliphatic carbocycles. The Morgan fingerprint density at radius 2 is 1.87 bits per heavy atom. The Kier molecular flexibility index (Phi) is 11.8. The number of ether oxygens (including phenoxy) is 3. The van der Waals surface area contributed by atoms with E-state index < -0.39 is 0 Å². The molecular weight excluding hydrogens is 194 g/mol. The predicted octanol–water partition coefficient (Wildman–Crippen LogP) is 1.05. The monoisotopic (exact) mass is 219 g/mol. The van der Waals surface area contributed by atoms with Gasteiger partial charge in [0.25, 0.3) is 0 Å². The zero-order chi connectivity index (χ0) is 11.4. The van der Waals surface area contributed by atoms with Gasteiger partial charge in [-0.2, -0.15) is 0 Å². The Balaban J connectivity index is 3.28. The van der Waals surface area contributed by atoms with Crippen molar-refractivity contribution in [3.63, 3.8) is 0 Å². The second kappa shape index (κ2) is 11.9. The smallest absolute Gasteiger partial charge is 0.0700 e. The Bertz CT molecular complexity index is 116. The standard InChI is InChI=1S/C11H25NO3/c1-4-12-11(10-14-3)6-5-7-15-9-8-13-2/h11-12H,4-10H2,1-3H3. The highest BCUT2D eigenvalue weighted by atomic mass is 16.5. The molecule has 0 aliphatic rings. The molecule has 0 aromatic carbocycles. The number of methoxy groups -OCH3 is 2. The molecule has 0 saturated carbocycles. The van der Waals surface area contributed by atoms with Gasteiger partial charge in [0.2, 0.25) is 0 Å². The third-order valence-electron chi connectivity index (χ3n) is 2.13. The van der Waals surface area contributed by atoms with E-state index in [2.05, 4.69) is 12.2 Å². The Labute approximate surface area is 93.3 Å². The summed E-state index contributed by atoms with van der Waals surface area (Å²) in [6, 6.07) is 0.450. The number of hydrogen-bond acceptors (Lipinski definition) is 4. The molecule has 0 spiro atoms. The molecule has 0 saturated heterocycles. The molecule has 92 valence electrons. The van der Waals surface area contributed by atoms with Crippen molar-refractivity contribution in [3.8, 4) is 0 Å². The first-order valence-electron chi connectivity index (χ1n) is 5.64. The fraction of sp³-hybridized carbons (Fsp3) is 1.00. The SMILES string of the molecule is CCNC(CCCOCCOC)COC. The summed E-state index contributed by atoms with van der Waals surface area (Å²) in [6.07, 6.45) is 2.15. The van der Waals surface area contributed by atoms with Crippen molar-refractivity contribution in [2.24, 2.45) is 0 Å². The van der Waals surface area contributed by atoms with Gasteiger partial charge in [-0.05, 0) is 19.4 Å². The summed E-state index contributed by atoms with van der Waals surface area (Å²) < 4.78 is 15.4. The highest BCUT2D eigenvalue weighted by molar-refractivity contribution is 4.64. The average Bonchev–Trinajstić information content (AvgIpc) is 2.24. The van der Waals surface area contributed by atoms with Crippen molar-refractivity contribution < 1.29 is 14.2 Å². The molecule has 0 aromatic rings. The van der Waals surface area contributed by atoms with Gasteiger partial charge in [-0.25, -0.2) is 0 Å². The predicted molar refractivity (Wildman–Crippen MR) is 61.3 cm³/mol. The Hall–Kier alpha value is -0.160. The van der Waals surface area contributed by atoms with Crippen LogP contribution in [0.25, 0.3) is 0 Å². The molecule has 4 nitrogen and oxygen atoms in total. The van der Waals surface area contributed by atoms with Crippen molar-refractivity contribution in [1.29, 1.82) is 0 Å². The summed E-state index contributed by atoms with van der Waals surface area (Å²) in [6.45, 7) is 6.03. The molecule has 0 heterocycles. The Morgan fingerprint density at radius 1 is 1.07 bits per heavy atom. The molecule has 0 bridgehead atoms. The van der Waals surface area contributed by atoms with E-state index in [1.54, 1.807) is 14.2 Å². The highest BCUT2D eigenvalue weighted by Crippen LogP contribution is 1.98. The zero-order valence-corrected chi connectivity index (χ0v) is 10.3. The van der Waals surface area contributed by atoms with Gasteiger partial charge in [0.15, 0.2) is 0 Å². The summed E-state index contributed by atoms with van der Waals surface area (Å²) >= 11 is 0. The van der Waals surface area contributed by atoms with Gasteiger partial charge < -0.3 is 19.5 Å². The minimum atomic E-state index is 0.450. The van der Waals surface area contributed by atoms with Gasteiger partial charge in [-0.1, -0.05) is 6.92 Å². The first kappa shape index (κ1) is 14.8. The lowest BCUT2D eigenvalue weighted by Gasteiger charge is -2.16. The minimum Gasteiger partial charge on any atom is -0.383 e. The van der Waals surface area contributed by atoms with Crippen LogP contribution in [-0.2, 0) is 14.2 Å². The number of hydrogen-bond donors (Lipinski definition) is 1. The van der Waals surface area contributed by atoms with Gasteiger partial charge in [-0.15, -0.1) is 0 Å². The van der Waals surface area contributed by atoms with Crippen LogP contribution in [0.15, 0.2) is 0 Å². The van der Waals surface area contributed by atoms with E-state index in [0.717, 1.165) is 32.6 Å². The number of nitrogens with one attached hydrogen (secondary N) is 1. The van der Waals surface area contributed by atoms with E-state index in [1.807, 2.05) is 0 Å². The summed E-state index contributed by atoms with van der Waals surface area (Å²) in [4.78, 5) is 0. The van der Waals surface area contributed by atoms with Crippen molar-refractivity contribution >= 4 is 0 Å². The van der Waals surface area contributed by atoms with Crippen LogP contribution in [0.1, 0.15) is 19.8 Å². The lowest BCUT2D eigenvalue weighted by atomic mass is 10.2. The fourth-order valence-corrected chi connectivity index (χ4v) is 1.41. The first-order chi connectivity index (χ1) is 7.35. The van der Waals surface area contributed by atoms with Gasteiger partial charge >= 0.3 is 0 Å². The van der Waals surface area contributed by atoms with Crippen molar-refractivity contribution in [2.75, 3.05) is 47.2 Å². The van der Waals surface area contributed by atoms with E-state index in [1.165, 1.54) is 0 Å². The van der Waals surface area contributed by atoms with Gasteiger partial charge in [0, 0.05) is 26.9 Å². The topological polar surface area (TPSA) is 39.7 Å². The van der Waals surface area contributed by atoms with E-state index in [9.17, 15) is 0 Å². The normalized spacial score (nSPS) is 13.0. The molecule has 0 fully saturated rings. The molecule has 0 radical (unpaired) electrons. The molecule has 0 aromatic heterocycles. The summed E-state index contributed by atoms with van der Waals surface area (Å²) in [5, 5.41) is 3.38. The van der Waals surface area contributed by atoms with Crippen LogP contribution in [-0.4, -0.2) is 53.2 Å². The minimum absolute atomic E-state index is 0.450. The second-order valence-corrected chi connectivity index (χ2v) is 3.46. The van der Waals surface area contributed by atoms with Crippen LogP contribution in [0.4, 0.5) is 0 Å². The van der Waals surface area contributed by atoms with Crippen LogP contribution >= 0.6 is 0 Å². The maximum Gasteiger partial charge on any atom is 0.0700 e. The molecule has 0 amide bonds. The van der Waals surface area contributed by atoms with E-state index in [-0.39, 0.29) is 0 Å². The van der Waals surface area contributed by atoms with Crippen molar-refractivity contribution in [3.05, 3.63) is 0 Å². The van der Waals surface area contributed by atoms with Crippen LogP contribution < -0.4 is 5.32 Å². The summed E-state index contributed by atoms with van der Waals surface area (Å²) in [7, 11) is 3.42. The average molecular weight is 219 g/mol. The third-order valence-corrected chi connectivity index (χ3v) is 2.13. The van der Waals surface area contributed by atoms with E-state index in [4.69, 9.17) is 14.2 Å². The third kappa shape index (κ3) is 10.1. The Morgan fingerprint density at radius 3 is 2.47 bits per heavy atom. The molecule has 1 unspecified atom stereocenters. The quantitative estimate of drug-likeness (QED) is 0.527. The molecule has 0 aliphatic heterocycles. The van der Waals surface area contributed by atoms with E-state index in [0.29, 0.717) is 19.3 Å². The van der Waals surface area contributed by atoms with Crippen LogP contribution in [0.5, 0.6) is 0 Å². The molecule has 4 heteroatoms. The fourth-order valence-electron chi connectivity index (χ4n) is 1.41. The maximum absolute atomic E-state index is 5.39. The van der Waals surface area contributed by atoms with Gasteiger partial charge in [0.1, 0.15) is 0 Å². The highest BCUT2D eigenvalue weighted by Gasteiger charge is 2.05. The maximum atomic E-state index is 5.39. The largest absolute Gasteiger partial charge is 0.383 e. The second-order valence-electron chi connectivity index (χ2n) is 3.46. The van der Waals surface area contributed by atoms with E-state index >= 15 is 0 Å². The van der Waals surface area contributed by atoms with Crippen LogP contribution in [0.3, 0.4) is 0 Å². The van der Waals surface area contributed by atoms with Crippen LogP contribution in [0.2, 0.25) is 0 Å². The molecule has 1 N–H and O–H groups in total. The van der Waals surface area contributed by atoms with Crippen molar-refractivity contribution in [2.45, 2.75) is 25.8 Å². The molecule has 15 heavy (non-hydrogen) atoms. The van der Waals surface area contributed by atoms with Gasteiger partial charge in [-0.3, -0.25) is 0 Å².